The molecule has 0 aromatic heterocycles. The minimum Gasteiger partial charge on any atom is -0.508 e. The number of carbonyl (C=O) groups is 1. The topological polar surface area (TPSA) is 65.0 Å². The van der Waals surface area contributed by atoms with Crippen LogP contribution < -0.4 is 9.47 Å². The van der Waals surface area contributed by atoms with Crippen molar-refractivity contribution in [1.29, 1.82) is 0 Å². The summed E-state index contributed by atoms with van der Waals surface area (Å²) in [6.07, 6.45) is 0.294. The van der Waals surface area contributed by atoms with Crippen LogP contribution in [0.1, 0.15) is 34.6 Å². The van der Waals surface area contributed by atoms with Gasteiger partial charge in [-0.05, 0) is 54.3 Å². The molecule has 1 atom stereocenters. The summed E-state index contributed by atoms with van der Waals surface area (Å²) in [6, 6.07) is 17.5. The highest BCUT2D eigenvalue weighted by atomic mass is 16.5. The molecule has 5 heteroatoms. The first kappa shape index (κ1) is 20.8. The van der Waals surface area contributed by atoms with E-state index in [1.165, 1.54) is 23.8 Å². The number of rotatable bonds is 6. The number of esters is 1. The summed E-state index contributed by atoms with van der Waals surface area (Å²) in [6.45, 7) is 4.86. The molecule has 0 radical (unpaired) electrons. The van der Waals surface area contributed by atoms with E-state index in [1.54, 1.807) is 6.07 Å². The Hall–Kier alpha value is -3.47. The second kappa shape index (κ2) is 8.72. The van der Waals surface area contributed by atoms with Crippen molar-refractivity contribution in [3.05, 3.63) is 76.9 Å². The molecule has 0 fully saturated rings. The quantitative estimate of drug-likeness (QED) is 0.551. The van der Waals surface area contributed by atoms with Crippen molar-refractivity contribution in [2.75, 3.05) is 13.7 Å². The van der Waals surface area contributed by atoms with E-state index in [1.807, 2.05) is 36.4 Å². The lowest BCUT2D eigenvalue weighted by atomic mass is 9.94. The zero-order valence-corrected chi connectivity index (χ0v) is 18.0. The molecule has 0 saturated heterocycles. The van der Waals surface area contributed by atoms with Crippen LogP contribution in [0.2, 0.25) is 0 Å². The molecule has 1 heterocycles. The molecule has 0 unspecified atom stereocenters. The fourth-order valence-electron chi connectivity index (χ4n) is 4.09. The van der Waals surface area contributed by atoms with Gasteiger partial charge in [-0.2, -0.15) is 0 Å². The molecule has 0 spiro atoms. The molecule has 31 heavy (non-hydrogen) atoms. The third kappa shape index (κ3) is 4.36. The molecule has 160 valence electrons. The van der Waals surface area contributed by atoms with Crippen LogP contribution in [0.5, 0.6) is 17.2 Å². The molecule has 1 aliphatic rings. The number of aromatic hydroxyl groups is 1. The molecule has 0 saturated carbocycles. The highest BCUT2D eigenvalue weighted by Gasteiger charge is 2.27. The van der Waals surface area contributed by atoms with Gasteiger partial charge < -0.3 is 19.3 Å². The molecule has 3 aromatic carbocycles. The van der Waals surface area contributed by atoms with E-state index in [9.17, 15) is 9.90 Å². The van der Waals surface area contributed by atoms with E-state index < -0.39 is 0 Å². The van der Waals surface area contributed by atoms with Gasteiger partial charge in [0.25, 0.3) is 0 Å². The lowest BCUT2D eigenvalue weighted by Crippen LogP contribution is -2.09. The molecular weight excluding hydrogens is 392 g/mol. The van der Waals surface area contributed by atoms with Gasteiger partial charge in [-0.15, -0.1) is 0 Å². The van der Waals surface area contributed by atoms with Crippen molar-refractivity contribution in [3.8, 4) is 28.4 Å². The third-order valence-corrected chi connectivity index (χ3v) is 5.75. The smallest absolute Gasteiger partial charge is 0.306 e. The summed E-state index contributed by atoms with van der Waals surface area (Å²) in [5.41, 5.74) is 6.30. The van der Waals surface area contributed by atoms with Gasteiger partial charge >= 0.3 is 5.97 Å². The Bertz CT molecular complexity index is 1100. The maximum absolute atomic E-state index is 11.6. The van der Waals surface area contributed by atoms with Crippen molar-refractivity contribution in [2.45, 2.75) is 32.8 Å². The van der Waals surface area contributed by atoms with E-state index in [-0.39, 0.29) is 24.2 Å². The summed E-state index contributed by atoms with van der Waals surface area (Å²) in [7, 11) is 1.39. The predicted molar refractivity (Wildman–Crippen MR) is 119 cm³/mol. The SMILES string of the molecule is COC(=O)C[C@@H]1COc2cc(OCc3cc(-c4c(C)cccc4C)ccc3O)ccc21. The maximum Gasteiger partial charge on any atom is 0.306 e. The van der Waals surface area contributed by atoms with Crippen molar-refractivity contribution < 1.29 is 24.1 Å². The van der Waals surface area contributed by atoms with Gasteiger partial charge in [-0.1, -0.05) is 30.3 Å². The molecule has 4 rings (SSSR count). The second-order valence-electron chi connectivity index (χ2n) is 7.89. The number of methoxy groups -OCH3 is 1. The van der Waals surface area contributed by atoms with Crippen LogP contribution in [0, 0.1) is 13.8 Å². The number of ether oxygens (including phenoxy) is 3. The Morgan fingerprint density at radius 2 is 1.87 bits per heavy atom. The van der Waals surface area contributed by atoms with Gasteiger partial charge in [0.1, 0.15) is 23.9 Å². The maximum atomic E-state index is 11.6. The van der Waals surface area contributed by atoms with Crippen LogP contribution in [0.3, 0.4) is 0 Å². The minimum absolute atomic E-state index is 0.00502. The van der Waals surface area contributed by atoms with Gasteiger partial charge in [-0.3, -0.25) is 4.79 Å². The van der Waals surface area contributed by atoms with E-state index >= 15 is 0 Å². The minimum atomic E-state index is -0.249. The van der Waals surface area contributed by atoms with Crippen LogP contribution in [-0.4, -0.2) is 24.8 Å². The summed E-state index contributed by atoms with van der Waals surface area (Å²) in [5, 5.41) is 10.3. The first-order chi connectivity index (χ1) is 15.0. The molecule has 3 aromatic rings. The van der Waals surface area contributed by atoms with Crippen LogP contribution in [0.25, 0.3) is 11.1 Å². The number of aryl methyl sites for hydroxylation is 2. The number of carbonyl (C=O) groups excluding carboxylic acids is 1. The molecule has 0 bridgehead atoms. The van der Waals surface area contributed by atoms with Crippen LogP contribution in [0.15, 0.2) is 54.6 Å². The highest BCUT2D eigenvalue weighted by Crippen LogP contribution is 2.39. The summed E-state index contributed by atoms with van der Waals surface area (Å²) in [4.78, 5) is 11.6. The van der Waals surface area contributed by atoms with Crippen LogP contribution in [-0.2, 0) is 16.1 Å². The zero-order chi connectivity index (χ0) is 22.0. The van der Waals surface area contributed by atoms with Gasteiger partial charge in [0.15, 0.2) is 0 Å². The lowest BCUT2D eigenvalue weighted by molar-refractivity contribution is -0.141. The third-order valence-electron chi connectivity index (χ3n) is 5.75. The molecule has 1 aliphatic heterocycles. The molecule has 5 nitrogen and oxygen atoms in total. The van der Waals surface area contributed by atoms with Gasteiger partial charge in [0.05, 0.1) is 20.1 Å². The standard InChI is InChI=1S/C26H26O5/c1-16-5-4-6-17(2)26(16)18-7-10-23(27)20(11-18)15-30-21-8-9-22-19(12-25(28)29-3)14-31-24(22)13-21/h4-11,13,19,27H,12,14-15H2,1-3H3/t19-/m1/s1. The van der Waals surface area contributed by atoms with Crippen molar-refractivity contribution in [1.82, 2.24) is 0 Å². The van der Waals surface area contributed by atoms with Crippen molar-refractivity contribution in [3.63, 3.8) is 0 Å². The van der Waals surface area contributed by atoms with Crippen LogP contribution in [0.4, 0.5) is 0 Å². The number of fused-ring (bicyclic) bond motifs is 1. The fourth-order valence-corrected chi connectivity index (χ4v) is 4.09. The number of hydrogen-bond acceptors (Lipinski definition) is 5. The first-order valence-corrected chi connectivity index (χ1v) is 10.3. The van der Waals surface area contributed by atoms with E-state index in [0.29, 0.717) is 24.3 Å². The summed E-state index contributed by atoms with van der Waals surface area (Å²) < 4.78 is 16.5. The van der Waals surface area contributed by atoms with E-state index in [0.717, 1.165) is 16.9 Å². The fraction of sp³-hybridized carbons (Fsp3) is 0.269. The summed E-state index contributed by atoms with van der Waals surface area (Å²) >= 11 is 0. The second-order valence-corrected chi connectivity index (χ2v) is 7.89. The zero-order valence-electron chi connectivity index (χ0n) is 18.0. The molecule has 0 amide bonds. The Kier molecular flexibility index (Phi) is 5.85. The highest BCUT2D eigenvalue weighted by molar-refractivity contribution is 5.72. The van der Waals surface area contributed by atoms with Gasteiger partial charge in [-0.25, -0.2) is 0 Å². The van der Waals surface area contributed by atoms with Crippen molar-refractivity contribution in [2.24, 2.45) is 0 Å². The first-order valence-electron chi connectivity index (χ1n) is 10.3. The Balaban J connectivity index is 1.51. The molecule has 0 aliphatic carbocycles. The van der Waals surface area contributed by atoms with Gasteiger partial charge in [0.2, 0.25) is 0 Å². The number of benzene rings is 3. The monoisotopic (exact) mass is 418 g/mol. The number of phenolic OH excluding ortho intramolecular Hbond substituents is 1. The average Bonchev–Trinajstić information content (AvgIpc) is 3.15. The Morgan fingerprint density at radius 1 is 1.10 bits per heavy atom. The Morgan fingerprint density at radius 3 is 2.61 bits per heavy atom. The van der Waals surface area contributed by atoms with Crippen LogP contribution >= 0.6 is 0 Å². The summed E-state index contributed by atoms with van der Waals surface area (Å²) in [5.74, 6) is 1.32. The number of hydrogen-bond donors (Lipinski definition) is 1. The molecule has 1 N–H and O–H groups in total. The predicted octanol–water partition coefficient (Wildman–Crippen LogP) is 5.29. The van der Waals surface area contributed by atoms with Crippen molar-refractivity contribution >= 4 is 5.97 Å². The Labute approximate surface area is 182 Å². The largest absolute Gasteiger partial charge is 0.508 e. The van der Waals surface area contributed by atoms with E-state index in [4.69, 9.17) is 14.2 Å². The lowest BCUT2D eigenvalue weighted by Gasteiger charge is -2.14. The number of phenols is 1. The molecular formula is C26H26O5. The average molecular weight is 418 g/mol. The van der Waals surface area contributed by atoms with Gasteiger partial charge in [0, 0.05) is 23.1 Å². The van der Waals surface area contributed by atoms with E-state index in [2.05, 4.69) is 26.0 Å². The normalized spacial score (nSPS) is 14.6.